The highest BCUT2D eigenvalue weighted by Crippen LogP contribution is 2.16. The van der Waals surface area contributed by atoms with Gasteiger partial charge < -0.3 is 16.0 Å². The highest BCUT2D eigenvalue weighted by molar-refractivity contribution is 5.94. The van der Waals surface area contributed by atoms with Crippen LogP contribution in [0.4, 0.5) is 0 Å². The number of nitrogens with one attached hydrogen (secondary N) is 1. The van der Waals surface area contributed by atoms with E-state index in [0.717, 1.165) is 5.56 Å². The molecule has 3 N–H and O–H groups in total. The number of hydrogen-bond acceptors (Lipinski definition) is 3. The summed E-state index contributed by atoms with van der Waals surface area (Å²) in [6, 6.07) is 7.27. The molecule has 0 aromatic heterocycles. The Balaban J connectivity index is 0.00000441. The molecule has 0 aliphatic rings. The molecule has 0 radical (unpaired) electrons. The van der Waals surface area contributed by atoms with Gasteiger partial charge in [-0.25, -0.2) is 0 Å². The Labute approximate surface area is 138 Å². The molecular weight excluding hydrogens is 302 g/mol. The third-order valence-electron chi connectivity index (χ3n) is 3.31. The smallest absolute Gasteiger partial charge is 0.253 e. The van der Waals surface area contributed by atoms with Crippen molar-refractivity contribution >= 4 is 24.2 Å². The van der Waals surface area contributed by atoms with E-state index in [1.165, 1.54) is 6.92 Å². The Morgan fingerprint density at radius 3 is 2.23 bits per heavy atom. The second kappa shape index (κ2) is 8.76. The Kier molecular flexibility index (Phi) is 8.12. The fourth-order valence-electron chi connectivity index (χ4n) is 1.99. The highest BCUT2D eigenvalue weighted by Gasteiger charge is 2.21. The minimum absolute atomic E-state index is 0. The van der Waals surface area contributed by atoms with Gasteiger partial charge in [-0.2, -0.15) is 0 Å². The second-order valence-electron chi connectivity index (χ2n) is 6.14. The summed E-state index contributed by atoms with van der Waals surface area (Å²) in [4.78, 5) is 24.9. The number of carbonyl (C=O) groups excluding carboxylic acids is 2. The van der Waals surface area contributed by atoms with E-state index in [1.54, 1.807) is 24.1 Å². The van der Waals surface area contributed by atoms with Crippen molar-refractivity contribution < 1.29 is 9.59 Å². The Morgan fingerprint density at radius 2 is 1.77 bits per heavy atom. The van der Waals surface area contributed by atoms with Gasteiger partial charge in [0.25, 0.3) is 5.91 Å². The summed E-state index contributed by atoms with van der Waals surface area (Å²) in [7, 11) is 1.78. The van der Waals surface area contributed by atoms with Crippen molar-refractivity contribution in [1.29, 1.82) is 0 Å². The molecule has 0 saturated carbocycles. The number of rotatable bonds is 6. The number of hydrogen-bond donors (Lipinski definition) is 2. The molecule has 0 atom stereocenters. The summed E-state index contributed by atoms with van der Waals surface area (Å²) in [6.07, 6.45) is 0. The summed E-state index contributed by atoms with van der Waals surface area (Å²) in [5.74, 6) is -0.0958. The lowest BCUT2D eigenvalue weighted by Crippen LogP contribution is -2.39. The third kappa shape index (κ3) is 6.45. The molecule has 6 heteroatoms. The van der Waals surface area contributed by atoms with Crippen LogP contribution in [-0.2, 0) is 11.3 Å². The SMILES string of the molecule is CC(=O)NCc1ccc(C(=O)N(C)CC(C)(C)CN)cc1.Cl. The summed E-state index contributed by atoms with van der Waals surface area (Å²) >= 11 is 0. The zero-order valence-electron chi connectivity index (χ0n) is 13.7. The van der Waals surface area contributed by atoms with Crippen LogP contribution in [0.1, 0.15) is 36.7 Å². The number of halogens is 1. The quantitative estimate of drug-likeness (QED) is 0.836. The Hall–Kier alpha value is -1.59. The fraction of sp³-hybridized carbons (Fsp3) is 0.500. The molecule has 0 saturated heterocycles. The van der Waals surface area contributed by atoms with Gasteiger partial charge in [-0.1, -0.05) is 26.0 Å². The van der Waals surface area contributed by atoms with Gasteiger partial charge in [0, 0.05) is 32.6 Å². The first-order chi connectivity index (χ1) is 9.75. The summed E-state index contributed by atoms with van der Waals surface area (Å²) in [6.45, 7) is 7.16. The fourth-order valence-corrected chi connectivity index (χ4v) is 1.99. The first kappa shape index (κ1) is 20.4. The summed E-state index contributed by atoms with van der Waals surface area (Å²) in [5.41, 5.74) is 7.20. The normalized spacial score (nSPS) is 10.6. The monoisotopic (exact) mass is 327 g/mol. The second-order valence-corrected chi connectivity index (χ2v) is 6.14. The van der Waals surface area contributed by atoms with Crippen LogP contribution in [0, 0.1) is 5.41 Å². The molecule has 1 aromatic rings. The lowest BCUT2D eigenvalue weighted by atomic mass is 9.93. The number of carbonyl (C=O) groups is 2. The van der Waals surface area contributed by atoms with Gasteiger partial charge in [0.05, 0.1) is 0 Å². The van der Waals surface area contributed by atoms with E-state index in [2.05, 4.69) is 5.32 Å². The van der Waals surface area contributed by atoms with Crippen LogP contribution < -0.4 is 11.1 Å². The van der Waals surface area contributed by atoms with E-state index in [-0.39, 0.29) is 29.6 Å². The number of amides is 2. The average Bonchev–Trinajstić information content (AvgIpc) is 2.44. The molecule has 0 spiro atoms. The molecule has 0 unspecified atom stereocenters. The molecule has 0 heterocycles. The molecule has 5 nitrogen and oxygen atoms in total. The first-order valence-electron chi connectivity index (χ1n) is 7.04. The van der Waals surface area contributed by atoms with Crippen LogP contribution in [0.3, 0.4) is 0 Å². The summed E-state index contributed by atoms with van der Waals surface area (Å²) < 4.78 is 0. The summed E-state index contributed by atoms with van der Waals surface area (Å²) in [5, 5.41) is 2.72. The van der Waals surface area contributed by atoms with Crippen LogP contribution >= 0.6 is 12.4 Å². The maximum Gasteiger partial charge on any atom is 0.253 e. The van der Waals surface area contributed by atoms with Crippen molar-refractivity contribution in [2.45, 2.75) is 27.3 Å². The van der Waals surface area contributed by atoms with E-state index >= 15 is 0 Å². The Bertz CT molecular complexity index is 501. The van der Waals surface area contributed by atoms with Gasteiger partial charge in [-0.3, -0.25) is 9.59 Å². The van der Waals surface area contributed by atoms with Gasteiger partial charge >= 0.3 is 0 Å². The molecule has 2 amide bonds. The number of nitrogens with zero attached hydrogens (tertiary/aromatic N) is 1. The largest absolute Gasteiger partial charge is 0.352 e. The van der Waals surface area contributed by atoms with Crippen LogP contribution in [-0.4, -0.2) is 36.9 Å². The number of benzene rings is 1. The molecule has 1 aromatic carbocycles. The van der Waals surface area contributed by atoms with Gasteiger partial charge in [-0.15, -0.1) is 12.4 Å². The zero-order valence-corrected chi connectivity index (χ0v) is 14.5. The van der Waals surface area contributed by atoms with Crippen molar-refractivity contribution in [3.63, 3.8) is 0 Å². The Morgan fingerprint density at radius 1 is 1.23 bits per heavy atom. The lowest BCUT2D eigenvalue weighted by molar-refractivity contribution is -0.119. The molecule has 1 rings (SSSR count). The van der Waals surface area contributed by atoms with Gasteiger partial charge in [0.2, 0.25) is 5.91 Å². The maximum atomic E-state index is 12.3. The van der Waals surface area contributed by atoms with E-state index in [0.29, 0.717) is 25.2 Å². The standard InChI is InChI=1S/C16H25N3O2.ClH/c1-12(20)18-9-13-5-7-14(8-6-13)15(21)19(4)11-16(2,3)10-17;/h5-8H,9-11,17H2,1-4H3,(H,18,20);1H. The maximum absolute atomic E-state index is 12.3. The van der Waals surface area contributed by atoms with Crippen molar-refractivity contribution in [3.8, 4) is 0 Å². The first-order valence-corrected chi connectivity index (χ1v) is 7.04. The minimum atomic E-state index is -0.101. The van der Waals surface area contributed by atoms with Gasteiger partial charge in [0.15, 0.2) is 0 Å². The molecule has 0 aliphatic heterocycles. The predicted molar refractivity (Wildman–Crippen MR) is 91.0 cm³/mol. The molecular formula is C16H26ClN3O2. The van der Waals surface area contributed by atoms with E-state index in [9.17, 15) is 9.59 Å². The minimum Gasteiger partial charge on any atom is -0.352 e. The lowest BCUT2D eigenvalue weighted by Gasteiger charge is -2.29. The number of nitrogens with two attached hydrogens (primary N) is 1. The van der Waals surface area contributed by atoms with Crippen LogP contribution in [0.5, 0.6) is 0 Å². The van der Waals surface area contributed by atoms with E-state index < -0.39 is 0 Å². The average molecular weight is 328 g/mol. The van der Waals surface area contributed by atoms with E-state index in [1.807, 2.05) is 26.0 Å². The molecule has 22 heavy (non-hydrogen) atoms. The van der Waals surface area contributed by atoms with Crippen LogP contribution in [0.25, 0.3) is 0 Å². The van der Waals surface area contributed by atoms with Crippen molar-refractivity contribution in [3.05, 3.63) is 35.4 Å². The van der Waals surface area contributed by atoms with E-state index in [4.69, 9.17) is 5.73 Å². The molecule has 0 bridgehead atoms. The highest BCUT2D eigenvalue weighted by atomic mass is 35.5. The van der Waals surface area contributed by atoms with Crippen LogP contribution in [0.15, 0.2) is 24.3 Å². The predicted octanol–water partition coefficient (Wildman–Crippen LogP) is 1.80. The molecule has 0 fully saturated rings. The van der Waals surface area contributed by atoms with Gasteiger partial charge in [-0.05, 0) is 29.7 Å². The van der Waals surface area contributed by atoms with Crippen molar-refractivity contribution in [2.24, 2.45) is 11.1 Å². The topological polar surface area (TPSA) is 75.4 Å². The third-order valence-corrected chi connectivity index (χ3v) is 3.31. The molecule has 124 valence electrons. The van der Waals surface area contributed by atoms with Crippen molar-refractivity contribution in [2.75, 3.05) is 20.1 Å². The van der Waals surface area contributed by atoms with Crippen molar-refractivity contribution in [1.82, 2.24) is 10.2 Å². The van der Waals surface area contributed by atoms with Crippen LogP contribution in [0.2, 0.25) is 0 Å². The van der Waals surface area contributed by atoms with Gasteiger partial charge in [0.1, 0.15) is 0 Å². The zero-order chi connectivity index (χ0) is 16.0. The molecule has 0 aliphatic carbocycles.